The minimum Gasteiger partial charge on any atom is -0.507 e. The highest BCUT2D eigenvalue weighted by Gasteiger charge is 2.26. The lowest BCUT2D eigenvalue weighted by atomic mass is 9.81. The Morgan fingerprint density at radius 1 is 0.867 bits per heavy atom. The van der Waals surface area contributed by atoms with Crippen LogP contribution in [0.5, 0.6) is 11.5 Å². The van der Waals surface area contributed by atoms with Crippen LogP contribution in [-0.4, -0.2) is 11.1 Å². The first-order valence-corrected chi connectivity index (χ1v) is 10.9. The smallest absolute Gasteiger partial charge is 0.311 e. The molecule has 0 aliphatic carbocycles. The van der Waals surface area contributed by atoms with E-state index in [1.807, 2.05) is 13.0 Å². The van der Waals surface area contributed by atoms with E-state index in [2.05, 4.69) is 73.6 Å². The summed E-state index contributed by atoms with van der Waals surface area (Å²) in [7, 11) is 0. The lowest BCUT2D eigenvalue weighted by molar-refractivity contribution is -0.134. The van der Waals surface area contributed by atoms with Crippen LogP contribution >= 0.6 is 0 Å². The van der Waals surface area contributed by atoms with E-state index in [4.69, 9.17) is 4.74 Å². The summed E-state index contributed by atoms with van der Waals surface area (Å²) in [6, 6.07) is 8.26. The molecule has 164 valence electrons. The summed E-state index contributed by atoms with van der Waals surface area (Å²) >= 11 is 0. The normalized spacial score (nSPS) is 12.2. The van der Waals surface area contributed by atoms with Crippen LogP contribution in [0, 0.1) is 13.8 Å². The molecule has 0 atom stereocenters. The number of carbonyl (C=O) groups excluding carboxylic acids is 1. The number of aryl methyl sites for hydroxylation is 2. The molecule has 0 amide bonds. The fourth-order valence-electron chi connectivity index (χ4n) is 3.79. The van der Waals surface area contributed by atoms with E-state index < -0.39 is 0 Å². The van der Waals surface area contributed by atoms with Crippen LogP contribution in [0.4, 0.5) is 0 Å². The molecule has 0 saturated carbocycles. The van der Waals surface area contributed by atoms with Gasteiger partial charge < -0.3 is 9.84 Å². The van der Waals surface area contributed by atoms with Crippen molar-refractivity contribution in [1.82, 2.24) is 0 Å². The third-order valence-electron chi connectivity index (χ3n) is 5.31. The maximum Gasteiger partial charge on any atom is 0.311 e. The Kier molecular flexibility index (Phi) is 7.06. The second-order valence-electron chi connectivity index (χ2n) is 10.5. The number of phenols is 1. The van der Waals surface area contributed by atoms with E-state index >= 15 is 0 Å². The number of rotatable bonds is 5. The Bertz CT molecular complexity index is 925. The predicted molar refractivity (Wildman–Crippen MR) is 125 cm³/mol. The predicted octanol–water partition coefficient (Wildman–Crippen LogP) is 6.90. The van der Waals surface area contributed by atoms with Crippen LogP contribution in [-0.2, 0) is 22.0 Å². The summed E-state index contributed by atoms with van der Waals surface area (Å²) in [5.74, 6) is 0.763. The number of hydrogen-bond acceptors (Lipinski definition) is 3. The van der Waals surface area contributed by atoms with Crippen molar-refractivity contribution in [3.63, 3.8) is 0 Å². The van der Waals surface area contributed by atoms with Crippen molar-refractivity contribution in [3.05, 3.63) is 57.6 Å². The van der Waals surface area contributed by atoms with E-state index in [0.29, 0.717) is 24.3 Å². The number of ether oxygens (including phenoxy) is 1. The van der Waals surface area contributed by atoms with Crippen molar-refractivity contribution >= 4 is 5.97 Å². The number of phenolic OH excluding ortho intramolecular Hbond substituents is 1. The lowest BCUT2D eigenvalue weighted by Gasteiger charge is -2.26. The molecule has 0 bridgehead atoms. The van der Waals surface area contributed by atoms with Crippen molar-refractivity contribution < 1.29 is 14.6 Å². The average molecular weight is 411 g/mol. The van der Waals surface area contributed by atoms with Crippen molar-refractivity contribution in [3.8, 4) is 11.5 Å². The molecule has 0 spiro atoms. The highest BCUT2D eigenvalue weighted by atomic mass is 16.5. The zero-order chi connectivity index (χ0) is 22.9. The minimum absolute atomic E-state index is 0.162. The van der Waals surface area contributed by atoms with Gasteiger partial charge in [-0.2, -0.15) is 0 Å². The summed E-state index contributed by atoms with van der Waals surface area (Å²) < 4.78 is 5.92. The highest BCUT2D eigenvalue weighted by molar-refractivity contribution is 5.74. The van der Waals surface area contributed by atoms with Crippen LogP contribution in [0.15, 0.2) is 24.3 Å². The van der Waals surface area contributed by atoms with E-state index in [-0.39, 0.29) is 16.8 Å². The molecular formula is C27H38O3. The number of esters is 1. The molecule has 3 heteroatoms. The molecular weight excluding hydrogens is 372 g/mol. The van der Waals surface area contributed by atoms with Gasteiger partial charge in [0, 0.05) is 18.4 Å². The van der Waals surface area contributed by atoms with Crippen LogP contribution < -0.4 is 4.74 Å². The van der Waals surface area contributed by atoms with Crippen LogP contribution in [0.3, 0.4) is 0 Å². The van der Waals surface area contributed by atoms with Gasteiger partial charge in [-0.1, -0.05) is 83.9 Å². The van der Waals surface area contributed by atoms with Gasteiger partial charge in [0.15, 0.2) is 0 Å². The van der Waals surface area contributed by atoms with E-state index in [0.717, 1.165) is 39.8 Å². The summed E-state index contributed by atoms with van der Waals surface area (Å²) in [5.41, 5.74) is 5.65. The fraction of sp³-hybridized carbons (Fsp3) is 0.519. The first-order chi connectivity index (χ1) is 13.7. The lowest BCUT2D eigenvalue weighted by Crippen LogP contribution is -2.18. The third kappa shape index (κ3) is 5.65. The average Bonchev–Trinajstić information content (AvgIpc) is 2.58. The first-order valence-electron chi connectivity index (χ1n) is 10.9. The molecule has 2 aromatic carbocycles. The molecule has 2 rings (SSSR count). The number of hydrogen-bond donors (Lipinski definition) is 1. The zero-order valence-electron chi connectivity index (χ0n) is 20.2. The molecule has 3 nitrogen and oxygen atoms in total. The molecule has 0 aliphatic heterocycles. The number of benzene rings is 2. The van der Waals surface area contributed by atoms with Gasteiger partial charge in [0.25, 0.3) is 0 Å². The molecule has 0 aromatic heterocycles. The molecule has 0 radical (unpaired) electrons. The molecule has 2 aromatic rings. The second-order valence-corrected chi connectivity index (χ2v) is 10.5. The van der Waals surface area contributed by atoms with Gasteiger partial charge in [-0.25, -0.2) is 0 Å². The monoisotopic (exact) mass is 410 g/mol. The van der Waals surface area contributed by atoms with Crippen LogP contribution in [0.1, 0.15) is 94.7 Å². The highest BCUT2D eigenvalue weighted by Crippen LogP contribution is 2.40. The molecule has 0 aliphatic rings. The van der Waals surface area contributed by atoms with E-state index in [1.165, 1.54) is 0 Å². The molecule has 1 N–H and O–H groups in total. The van der Waals surface area contributed by atoms with Gasteiger partial charge in [0.1, 0.15) is 11.5 Å². The molecule has 0 unspecified atom stereocenters. The largest absolute Gasteiger partial charge is 0.507 e. The molecule has 0 heterocycles. The Labute approximate surface area is 182 Å². The summed E-state index contributed by atoms with van der Waals surface area (Å²) in [6.07, 6.45) is 1.65. The number of carbonyl (C=O) groups is 1. The quantitative estimate of drug-likeness (QED) is 0.431. The fourth-order valence-corrected chi connectivity index (χ4v) is 3.79. The van der Waals surface area contributed by atoms with Gasteiger partial charge in [-0.3, -0.25) is 4.79 Å². The SMILES string of the molecule is CCCC(=O)Oc1c(Cc2cc(C)cc(C(C)(C)C)c2O)cc(C)cc1C(C)(C)C. The van der Waals surface area contributed by atoms with Crippen molar-refractivity contribution in [2.75, 3.05) is 0 Å². The third-order valence-corrected chi connectivity index (χ3v) is 5.31. The van der Waals surface area contributed by atoms with Crippen molar-refractivity contribution in [1.29, 1.82) is 0 Å². The first kappa shape index (κ1) is 24.0. The topological polar surface area (TPSA) is 46.5 Å². The second kappa shape index (κ2) is 8.83. The van der Waals surface area contributed by atoms with E-state index in [9.17, 15) is 9.90 Å². The Morgan fingerprint density at radius 2 is 1.37 bits per heavy atom. The van der Waals surface area contributed by atoms with Gasteiger partial charge in [0.05, 0.1) is 0 Å². The molecule has 0 fully saturated rings. The summed E-state index contributed by atoms with van der Waals surface area (Å²) in [4.78, 5) is 12.4. The Hall–Kier alpha value is -2.29. The number of aromatic hydroxyl groups is 1. The maximum atomic E-state index is 12.4. The van der Waals surface area contributed by atoms with E-state index in [1.54, 1.807) is 0 Å². The summed E-state index contributed by atoms with van der Waals surface area (Å²) in [5, 5.41) is 11.1. The maximum absolute atomic E-state index is 12.4. The van der Waals surface area contributed by atoms with Crippen LogP contribution in [0.2, 0.25) is 0 Å². The molecule has 30 heavy (non-hydrogen) atoms. The Balaban J connectivity index is 2.66. The minimum atomic E-state index is -0.211. The van der Waals surface area contributed by atoms with Gasteiger partial charge in [-0.15, -0.1) is 0 Å². The molecule has 0 saturated heterocycles. The van der Waals surface area contributed by atoms with Gasteiger partial charge in [-0.05, 0) is 47.8 Å². The van der Waals surface area contributed by atoms with Gasteiger partial charge >= 0.3 is 5.97 Å². The van der Waals surface area contributed by atoms with Crippen molar-refractivity contribution in [2.24, 2.45) is 0 Å². The van der Waals surface area contributed by atoms with Gasteiger partial charge in [0.2, 0.25) is 0 Å². The van der Waals surface area contributed by atoms with Crippen molar-refractivity contribution in [2.45, 2.75) is 92.4 Å². The van der Waals surface area contributed by atoms with Crippen LogP contribution in [0.25, 0.3) is 0 Å². The zero-order valence-corrected chi connectivity index (χ0v) is 20.2. The summed E-state index contributed by atoms with van der Waals surface area (Å²) in [6.45, 7) is 18.8. The standard InChI is InChI=1S/C27H38O3/c1-10-11-23(28)30-25-20(13-18(3)15-22(25)27(7,8)9)16-19-12-17(2)14-21(24(19)29)26(4,5)6/h12-15,29H,10-11,16H2,1-9H3. The Morgan fingerprint density at radius 3 is 1.87 bits per heavy atom.